The van der Waals surface area contributed by atoms with Gasteiger partial charge in [0.25, 0.3) is 0 Å². The number of aliphatic hydroxyl groups excluding tert-OH is 3. The summed E-state index contributed by atoms with van der Waals surface area (Å²) in [5.74, 6) is -0.742. The van der Waals surface area contributed by atoms with Gasteiger partial charge in [-0.2, -0.15) is 0 Å². The molecular formula is C22H38O5. The molecule has 156 valence electrons. The van der Waals surface area contributed by atoms with Gasteiger partial charge in [-0.1, -0.05) is 56.9 Å². The maximum absolute atomic E-state index is 10.4. The average Bonchev–Trinajstić information content (AvgIpc) is 2.88. The fourth-order valence-electron chi connectivity index (χ4n) is 3.81. The van der Waals surface area contributed by atoms with E-state index in [-0.39, 0.29) is 18.3 Å². The Morgan fingerprint density at radius 3 is 2.56 bits per heavy atom. The molecule has 1 aliphatic rings. The Morgan fingerprint density at radius 1 is 1.07 bits per heavy atom. The molecule has 5 atom stereocenters. The molecule has 0 radical (unpaired) electrons. The maximum Gasteiger partial charge on any atom is 0.303 e. The summed E-state index contributed by atoms with van der Waals surface area (Å²) < 4.78 is 0. The minimum absolute atomic E-state index is 0.0790. The highest BCUT2D eigenvalue weighted by Crippen LogP contribution is 2.37. The first-order valence-corrected chi connectivity index (χ1v) is 10.5. The van der Waals surface area contributed by atoms with E-state index in [0.717, 1.165) is 44.9 Å². The molecule has 0 heterocycles. The Hall–Kier alpha value is -1.17. The van der Waals surface area contributed by atoms with Crippen LogP contribution in [0, 0.1) is 11.8 Å². The third-order valence-electron chi connectivity index (χ3n) is 5.42. The van der Waals surface area contributed by atoms with Crippen LogP contribution in [0.15, 0.2) is 24.3 Å². The van der Waals surface area contributed by atoms with Crippen molar-refractivity contribution in [1.82, 2.24) is 0 Å². The second-order valence-electron chi connectivity index (χ2n) is 7.76. The van der Waals surface area contributed by atoms with Crippen molar-refractivity contribution in [2.24, 2.45) is 11.8 Å². The molecule has 0 spiro atoms. The van der Waals surface area contributed by atoms with Gasteiger partial charge in [0.2, 0.25) is 0 Å². The van der Waals surface area contributed by atoms with Crippen LogP contribution in [0.5, 0.6) is 0 Å². The van der Waals surface area contributed by atoms with Crippen molar-refractivity contribution < 1.29 is 25.2 Å². The highest BCUT2D eigenvalue weighted by atomic mass is 16.4. The van der Waals surface area contributed by atoms with Gasteiger partial charge in [-0.25, -0.2) is 0 Å². The Morgan fingerprint density at radius 2 is 1.85 bits per heavy atom. The van der Waals surface area contributed by atoms with Gasteiger partial charge in [-0.15, -0.1) is 0 Å². The first-order valence-electron chi connectivity index (χ1n) is 10.5. The fourth-order valence-corrected chi connectivity index (χ4v) is 3.81. The van der Waals surface area contributed by atoms with Gasteiger partial charge in [0, 0.05) is 18.8 Å². The SMILES string of the molecule is CCCCC[C@H]1[C@@H](/C=C/[C@@H](O)C/C=C\CCCCCC(=O)O)[C@@H](O)C[C@H]1O. The van der Waals surface area contributed by atoms with Crippen molar-refractivity contribution >= 4 is 5.97 Å². The van der Waals surface area contributed by atoms with Crippen molar-refractivity contribution in [3.63, 3.8) is 0 Å². The van der Waals surface area contributed by atoms with Crippen LogP contribution in [0.2, 0.25) is 0 Å². The molecule has 0 saturated heterocycles. The van der Waals surface area contributed by atoms with E-state index in [4.69, 9.17) is 5.11 Å². The molecule has 5 heteroatoms. The first kappa shape index (κ1) is 23.9. The lowest BCUT2D eigenvalue weighted by molar-refractivity contribution is -0.137. The topological polar surface area (TPSA) is 98.0 Å². The van der Waals surface area contributed by atoms with Crippen molar-refractivity contribution in [2.45, 2.75) is 95.9 Å². The molecule has 0 aromatic rings. The minimum Gasteiger partial charge on any atom is -0.481 e. The summed E-state index contributed by atoms with van der Waals surface area (Å²) in [6.45, 7) is 2.15. The molecule has 0 unspecified atom stereocenters. The molecule has 0 aromatic heterocycles. The molecule has 0 aromatic carbocycles. The van der Waals surface area contributed by atoms with Gasteiger partial charge < -0.3 is 20.4 Å². The zero-order valence-corrected chi connectivity index (χ0v) is 16.7. The number of unbranched alkanes of at least 4 members (excludes halogenated alkanes) is 5. The fraction of sp³-hybridized carbons (Fsp3) is 0.773. The zero-order chi connectivity index (χ0) is 20.1. The van der Waals surface area contributed by atoms with Crippen LogP contribution in [0.3, 0.4) is 0 Å². The van der Waals surface area contributed by atoms with E-state index >= 15 is 0 Å². The summed E-state index contributed by atoms with van der Waals surface area (Å²) in [6, 6.07) is 0. The molecule has 0 amide bonds. The third-order valence-corrected chi connectivity index (χ3v) is 5.42. The lowest BCUT2D eigenvalue weighted by Gasteiger charge is -2.21. The van der Waals surface area contributed by atoms with Crippen molar-refractivity contribution in [1.29, 1.82) is 0 Å². The predicted octanol–water partition coefficient (Wildman–Crippen LogP) is 3.82. The number of hydrogen-bond acceptors (Lipinski definition) is 4. The lowest BCUT2D eigenvalue weighted by Crippen LogP contribution is -2.21. The van der Waals surface area contributed by atoms with Gasteiger partial charge >= 0.3 is 5.97 Å². The van der Waals surface area contributed by atoms with Gasteiger partial charge in [-0.3, -0.25) is 4.79 Å². The molecule has 1 rings (SSSR count). The predicted molar refractivity (Wildman–Crippen MR) is 107 cm³/mol. The molecule has 0 aliphatic heterocycles. The highest BCUT2D eigenvalue weighted by molar-refractivity contribution is 5.66. The molecule has 1 saturated carbocycles. The van der Waals surface area contributed by atoms with Gasteiger partial charge in [0.15, 0.2) is 0 Å². The summed E-state index contributed by atoms with van der Waals surface area (Å²) >= 11 is 0. The number of aliphatic hydroxyl groups is 3. The van der Waals surface area contributed by atoms with Crippen LogP contribution in [0.25, 0.3) is 0 Å². The van der Waals surface area contributed by atoms with Gasteiger partial charge in [0.05, 0.1) is 18.3 Å². The first-order chi connectivity index (χ1) is 13.0. The number of carbonyl (C=O) groups is 1. The molecule has 4 N–H and O–H groups in total. The average molecular weight is 383 g/mol. The van der Waals surface area contributed by atoms with Crippen LogP contribution >= 0.6 is 0 Å². The zero-order valence-electron chi connectivity index (χ0n) is 16.7. The number of allylic oxidation sites excluding steroid dienone is 1. The largest absolute Gasteiger partial charge is 0.481 e. The Bertz CT molecular complexity index is 460. The van der Waals surface area contributed by atoms with Crippen molar-refractivity contribution in [2.75, 3.05) is 0 Å². The number of aliphatic carboxylic acids is 1. The van der Waals surface area contributed by atoms with E-state index in [0.29, 0.717) is 19.3 Å². The Kier molecular flexibility index (Phi) is 12.3. The van der Waals surface area contributed by atoms with Crippen molar-refractivity contribution in [3.8, 4) is 0 Å². The Labute approximate surface area is 163 Å². The quantitative estimate of drug-likeness (QED) is 0.270. The molecule has 1 fully saturated rings. The van der Waals surface area contributed by atoms with Gasteiger partial charge in [0.1, 0.15) is 0 Å². The summed E-state index contributed by atoms with van der Waals surface area (Å²) in [5.41, 5.74) is 0. The van der Waals surface area contributed by atoms with Crippen LogP contribution in [-0.2, 0) is 4.79 Å². The third kappa shape index (κ3) is 10.1. The lowest BCUT2D eigenvalue weighted by atomic mass is 9.88. The van der Waals surface area contributed by atoms with Crippen LogP contribution in [0.1, 0.15) is 77.6 Å². The van der Waals surface area contributed by atoms with E-state index in [1.165, 1.54) is 0 Å². The summed E-state index contributed by atoms with van der Waals surface area (Å²) in [4.78, 5) is 10.4. The van der Waals surface area contributed by atoms with Gasteiger partial charge in [-0.05, 0) is 38.0 Å². The van der Waals surface area contributed by atoms with E-state index in [2.05, 4.69) is 6.92 Å². The summed E-state index contributed by atoms with van der Waals surface area (Å²) in [7, 11) is 0. The second kappa shape index (κ2) is 13.9. The number of carboxylic acids is 1. The smallest absolute Gasteiger partial charge is 0.303 e. The highest BCUT2D eigenvalue weighted by Gasteiger charge is 2.39. The van der Waals surface area contributed by atoms with E-state index in [1.807, 2.05) is 18.2 Å². The standard InChI is InChI=1S/C22H38O5/c1-2-3-8-12-18-19(21(25)16-20(18)24)15-14-17(23)11-9-6-4-5-7-10-13-22(26)27/h6,9,14-15,17-21,23-25H,2-5,7-8,10-13,16H2,1H3,(H,26,27)/b9-6-,15-14+/t17-,18-,19+,20+,21-/m0/s1. The minimum atomic E-state index is -0.743. The van der Waals surface area contributed by atoms with Crippen LogP contribution < -0.4 is 0 Å². The monoisotopic (exact) mass is 382 g/mol. The van der Waals surface area contributed by atoms with Crippen molar-refractivity contribution in [3.05, 3.63) is 24.3 Å². The molecule has 0 bridgehead atoms. The molecule has 27 heavy (non-hydrogen) atoms. The van der Waals surface area contributed by atoms with E-state index in [9.17, 15) is 20.1 Å². The number of rotatable bonds is 14. The van der Waals surface area contributed by atoms with Crippen LogP contribution in [0.4, 0.5) is 0 Å². The van der Waals surface area contributed by atoms with Crippen LogP contribution in [-0.4, -0.2) is 44.7 Å². The summed E-state index contributed by atoms with van der Waals surface area (Å²) in [5, 5.41) is 39.1. The van der Waals surface area contributed by atoms with E-state index in [1.54, 1.807) is 6.08 Å². The summed E-state index contributed by atoms with van der Waals surface area (Å²) in [6.07, 6.45) is 14.9. The maximum atomic E-state index is 10.4. The molecule has 1 aliphatic carbocycles. The Balaban J connectivity index is 2.30. The number of carboxylic acid groups (broad SMARTS) is 1. The van der Waals surface area contributed by atoms with E-state index < -0.39 is 24.3 Å². The molecular weight excluding hydrogens is 344 g/mol. The second-order valence-corrected chi connectivity index (χ2v) is 7.76. The number of hydrogen-bond donors (Lipinski definition) is 4. The molecule has 5 nitrogen and oxygen atoms in total. The normalized spacial score (nSPS) is 27.0.